The first-order valence-electron chi connectivity index (χ1n) is 13.0. The van der Waals surface area contributed by atoms with E-state index in [0.29, 0.717) is 40.8 Å². The quantitative estimate of drug-likeness (QED) is 0.434. The predicted molar refractivity (Wildman–Crippen MR) is 137 cm³/mol. The van der Waals surface area contributed by atoms with Crippen LogP contribution in [-0.2, 0) is 36.8 Å². The van der Waals surface area contributed by atoms with Crippen molar-refractivity contribution in [2.45, 2.75) is 82.9 Å². The molecule has 0 radical (unpaired) electrons. The molecule has 3 aromatic rings. The molecule has 0 spiro atoms. The third-order valence-corrected chi connectivity index (χ3v) is 7.36. The zero-order chi connectivity index (χ0) is 26.3. The van der Waals surface area contributed by atoms with Gasteiger partial charge < -0.3 is 34.1 Å². The summed E-state index contributed by atoms with van der Waals surface area (Å²) < 4.78 is 31.7. The highest BCUT2D eigenvalue weighted by molar-refractivity contribution is 6.31. The maximum Gasteiger partial charge on any atom is 0.181 e. The van der Waals surface area contributed by atoms with Crippen molar-refractivity contribution in [3.8, 4) is 0 Å². The lowest BCUT2D eigenvalue weighted by Gasteiger charge is -2.24. The van der Waals surface area contributed by atoms with Crippen molar-refractivity contribution in [1.82, 2.24) is 19.7 Å². The van der Waals surface area contributed by atoms with Gasteiger partial charge in [0, 0.05) is 18.2 Å². The van der Waals surface area contributed by atoms with Crippen molar-refractivity contribution < 1.29 is 28.8 Å². The molecule has 5 heterocycles. The number of rotatable bonds is 8. The molecule has 0 amide bonds. The van der Waals surface area contributed by atoms with Gasteiger partial charge in [-0.1, -0.05) is 29.8 Å². The molecule has 5 atom stereocenters. The summed E-state index contributed by atoms with van der Waals surface area (Å²) in [5.41, 5.74) is 1.49. The summed E-state index contributed by atoms with van der Waals surface area (Å²) in [4.78, 5) is 9.56. The number of halogens is 1. The van der Waals surface area contributed by atoms with Gasteiger partial charge in [-0.3, -0.25) is 0 Å². The number of aliphatic hydroxyl groups excluding tert-OH is 1. The van der Waals surface area contributed by atoms with Crippen LogP contribution in [0.15, 0.2) is 30.5 Å². The van der Waals surface area contributed by atoms with Crippen LogP contribution < -0.4 is 5.32 Å². The monoisotopic (exact) mass is 545 g/mol. The lowest BCUT2D eigenvalue weighted by molar-refractivity contribution is -0.201. The zero-order valence-electron chi connectivity index (χ0n) is 21.4. The summed E-state index contributed by atoms with van der Waals surface area (Å²) in [6.07, 6.45) is 2.29. The molecule has 3 fully saturated rings. The fourth-order valence-corrected chi connectivity index (χ4v) is 5.39. The van der Waals surface area contributed by atoms with Gasteiger partial charge in [-0.15, -0.1) is 0 Å². The molecular formula is C26H32ClN5O6. The Balaban J connectivity index is 1.33. The Hall–Kier alpha value is -2.38. The standard InChI is InChI=1S/C26H32ClN5O6/c1-26(2)37-21-18(13-33)36-25(22(21)38-26)32-24-16(12-29-32)23(28-11-15-7-3-4-8-17(15)27)30-19(31-24)14-35-20-9-5-6-10-34-20/h3-4,7-8,12,18,20-22,25,33H,5-6,9-11,13-14H2,1-2H3,(H,28,30,31)/t18-,20?,21-,22-,25-/m1/s1. The Labute approximate surface area is 225 Å². The van der Waals surface area contributed by atoms with E-state index in [1.807, 2.05) is 38.1 Å². The molecule has 12 heteroatoms. The highest BCUT2D eigenvalue weighted by Crippen LogP contribution is 2.43. The van der Waals surface area contributed by atoms with Crippen LogP contribution in [0.5, 0.6) is 0 Å². The topological polar surface area (TPSA) is 122 Å². The Bertz CT molecular complexity index is 1280. The molecule has 3 aliphatic rings. The maximum atomic E-state index is 9.93. The molecule has 1 aromatic carbocycles. The lowest BCUT2D eigenvalue weighted by Crippen LogP contribution is -2.31. The van der Waals surface area contributed by atoms with Gasteiger partial charge in [0.15, 0.2) is 29.8 Å². The summed E-state index contributed by atoms with van der Waals surface area (Å²) in [5, 5.41) is 19.3. The smallest absolute Gasteiger partial charge is 0.181 e. The summed E-state index contributed by atoms with van der Waals surface area (Å²) in [5.74, 6) is 0.275. The summed E-state index contributed by atoms with van der Waals surface area (Å²) in [7, 11) is 0. The van der Waals surface area contributed by atoms with Gasteiger partial charge in [0.25, 0.3) is 0 Å². The van der Waals surface area contributed by atoms with Crippen molar-refractivity contribution in [2.24, 2.45) is 0 Å². The average Bonchev–Trinajstić information content (AvgIpc) is 3.57. The van der Waals surface area contributed by atoms with E-state index in [1.54, 1.807) is 10.9 Å². The van der Waals surface area contributed by atoms with Crippen LogP contribution >= 0.6 is 11.6 Å². The number of nitrogens with zero attached hydrogens (tertiary/aromatic N) is 4. The van der Waals surface area contributed by atoms with E-state index in [0.717, 1.165) is 24.8 Å². The largest absolute Gasteiger partial charge is 0.394 e. The molecule has 2 aromatic heterocycles. The number of hydrogen-bond donors (Lipinski definition) is 2. The zero-order valence-corrected chi connectivity index (χ0v) is 22.1. The molecule has 6 rings (SSSR count). The minimum absolute atomic E-state index is 0.177. The molecule has 1 unspecified atom stereocenters. The molecule has 3 aliphatic heterocycles. The van der Waals surface area contributed by atoms with Gasteiger partial charge in [0.05, 0.1) is 18.2 Å². The third-order valence-electron chi connectivity index (χ3n) is 6.99. The minimum Gasteiger partial charge on any atom is -0.394 e. The van der Waals surface area contributed by atoms with Crippen molar-refractivity contribution in [3.63, 3.8) is 0 Å². The van der Waals surface area contributed by atoms with Crippen LogP contribution in [0.25, 0.3) is 11.0 Å². The predicted octanol–water partition coefficient (Wildman–Crippen LogP) is 3.54. The molecular weight excluding hydrogens is 514 g/mol. The highest BCUT2D eigenvalue weighted by Gasteiger charge is 2.56. The molecule has 0 aliphatic carbocycles. The first-order chi connectivity index (χ1) is 18.4. The Morgan fingerprint density at radius 2 is 2.03 bits per heavy atom. The number of nitrogens with one attached hydrogen (secondary N) is 1. The fourth-order valence-electron chi connectivity index (χ4n) is 5.19. The van der Waals surface area contributed by atoms with E-state index in [2.05, 4.69) is 10.4 Å². The number of anilines is 1. The van der Waals surface area contributed by atoms with E-state index >= 15 is 0 Å². The SMILES string of the molecule is CC1(C)O[C@@H]2[C@H](O1)[C@@H](CO)O[C@H]2n1ncc2c(NCc3ccccc3Cl)nc(COC3CCCCO3)nc21. The second-order valence-corrected chi connectivity index (χ2v) is 10.6. The van der Waals surface area contributed by atoms with E-state index < -0.39 is 30.3 Å². The van der Waals surface area contributed by atoms with Crippen molar-refractivity contribution in [3.05, 3.63) is 46.9 Å². The van der Waals surface area contributed by atoms with Crippen LogP contribution in [0.3, 0.4) is 0 Å². The van der Waals surface area contributed by atoms with E-state index in [1.165, 1.54) is 0 Å². The van der Waals surface area contributed by atoms with Crippen molar-refractivity contribution >= 4 is 28.5 Å². The van der Waals surface area contributed by atoms with Gasteiger partial charge in [-0.25, -0.2) is 14.6 Å². The molecule has 11 nitrogen and oxygen atoms in total. The highest BCUT2D eigenvalue weighted by atomic mass is 35.5. The second-order valence-electron chi connectivity index (χ2n) is 10.2. The van der Waals surface area contributed by atoms with Gasteiger partial charge in [0.2, 0.25) is 0 Å². The summed E-state index contributed by atoms with van der Waals surface area (Å²) >= 11 is 6.38. The third kappa shape index (κ3) is 5.12. The van der Waals surface area contributed by atoms with Gasteiger partial charge >= 0.3 is 0 Å². The number of aromatic nitrogens is 4. The molecule has 204 valence electrons. The lowest BCUT2D eigenvalue weighted by atomic mass is 10.1. The average molecular weight is 546 g/mol. The minimum atomic E-state index is -0.802. The number of fused-ring (bicyclic) bond motifs is 2. The number of aliphatic hydroxyl groups is 1. The van der Waals surface area contributed by atoms with E-state index in [4.69, 9.17) is 45.3 Å². The molecule has 0 saturated carbocycles. The molecule has 0 bridgehead atoms. The number of benzene rings is 1. The first kappa shape index (κ1) is 25.9. The first-order valence-corrected chi connectivity index (χ1v) is 13.4. The Kier molecular flexibility index (Phi) is 7.25. The van der Waals surface area contributed by atoms with E-state index in [-0.39, 0.29) is 19.5 Å². The molecule has 38 heavy (non-hydrogen) atoms. The van der Waals surface area contributed by atoms with Crippen molar-refractivity contribution in [2.75, 3.05) is 18.5 Å². The maximum absolute atomic E-state index is 9.93. The Morgan fingerprint density at radius 1 is 1.18 bits per heavy atom. The van der Waals surface area contributed by atoms with E-state index in [9.17, 15) is 5.11 Å². The van der Waals surface area contributed by atoms with Crippen LogP contribution in [0.4, 0.5) is 5.82 Å². The second kappa shape index (κ2) is 10.6. The molecule has 3 saturated heterocycles. The number of hydrogen-bond acceptors (Lipinski definition) is 10. The molecule has 2 N–H and O–H groups in total. The van der Waals surface area contributed by atoms with Gasteiger partial charge in [0.1, 0.15) is 30.7 Å². The fraction of sp³-hybridized carbons (Fsp3) is 0.577. The van der Waals surface area contributed by atoms with Gasteiger partial charge in [-0.2, -0.15) is 5.10 Å². The van der Waals surface area contributed by atoms with Crippen LogP contribution in [0.1, 0.15) is 50.7 Å². The summed E-state index contributed by atoms with van der Waals surface area (Å²) in [6, 6.07) is 7.65. The summed E-state index contributed by atoms with van der Waals surface area (Å²) in [6.45, 7) is 4.82. The number of ether oxygens (including phenoxy) is 5. The van der Waals surface area contributed by atoms with Crippen LogP contribution in [0.2, 0.25) is 5.02 Å². The normalized spacial score (nSPS) is 28.6. The van der Waals surface area contributed by atoms with Crippen molar-refractivity contribution in [1.29, 1.82) is 0 Å². The van der Waals surface area contributed by atoms with Crippen LogP contribution in [0, 0.1) is 0 Å². The van der Waals surface area contributed by atoms with Crippen LogP contribution in [-0.4, -0.2) is 68.5 Å². The Morgan fingerprint density at radius 3 is 2.82 bits per heavy atom. The van der Waals surface area contributed by atoms with Gasteiger partial charge in [-0.05, 0) is 44.7 Å².